The Morgan fingerprint density at radius 3 is 2.77 bits per heavy atom. The fourth-order valence-electron chi connectivity index (χ4n) is 2.98. The number of piperidine rings is 1. The summed E-state index contributed by atoms with van der Waals surface area (Å²) in [6, 6.07) is 8.30. The van der Waals surface area contributed by atoms with Gasteiger partial charge in [-0.15, -0.1) is 0 Å². The predicted octanol–water partition coefficient (Wildman–Crippen LogP) is 3.24. The summed E-state index contributed by atoms with van der Waals surface area (Å²) >= 11 is 0. The van der Waals surface area contributed by atoms with Crippen molar-refractivity contribution in [3.8, 4) is 0 Å². The average Bonchev–Trinajstić information content (AvgIpc) is 2.66. The van der Waals surface area contributed by atoms with E-state index in [-0.39, 0.29) is 18.3 Å². The SMILES string of the molecule is Cc1cc(N2CCCCC2)nc(CNC(=O)/C=C/c2ccccc2F)n1. The molecule has 0 unspecified atom stereocenters. The van der Waals surface area contributed by atoms with Crippen molar-refractivity contribution in [2.45, 2.75) is 32.7 Å². The van der Waals surface area contributed by atoms with E-state index in [9.17, 15) is 9.18 Å². The van der Waals surface area contributed by atoms with Gasteiger partial charge in [-0.1, -0.05) is 18.2 Å². The number of hydrogen-bond acceptors (Lipinski definition) is 4. The van der Waals surface area contributed by atoms with Crippen LogP contribution in [0.3, 0.4) is 0 Å². The van der Waals surface area contributed by atoms with Crippen molar-refractivity contribution in [3.63, 3.8) is 0 Å². The quantitative estimate of drug-likeness (QED) is 0.838. The summed E-state index contributed by atoms with van der Waals surface area (Å²) in [7, 11) is 0. The van der Waals surface area contributed by atoms with Crippen molar-refractivity contribution in [1.29, 1.82) is 0 Å². The highest BCUT2D eigenvalue weighted by Crippen LogP contribution is 2.18. The number of nitrogens with one attached hydrogen (secondary N) is 1. The van der Waals surface area contributed by atoms with Gasteiger partial charge in [0.05, 0.1) is 6.54 Å². The number of rotatable bonds is 5. The summed E-state index contributed by atoms with van der Waals surface area (Å²) in [5, 5.41) is 2.75. The number of amides is 1. The van der Waals surface area contributed by atoms with Gasteiger partial charge in [-0.25, -0.2) is 14.4 Å². The van der Waals surface area contributed by atoms with E-state index in [1.165, 1.54) is 37.5 Å². The standard InChI is InChI=1S/C20H23FN4O/c1-15-13-19(25-11-5-2-6-12-25)24-18(23-15)14-22-20(26)10-9-16-7-3-4-8-17(16)21/h3-4,7-10,13H,2,5-6,11-12,14H2,1H3,(H,22,26)/b10-9+. The summed E-state index contributed by atoms with van der Waals surface area (Å²) in [4.78, 5) is 23.2. The fourth-order valence-corrected chi connectivity index (χ4v) is 2.98. The van der Waals surface area contributed by atoms with E-state index in [2.05, 4.69) is 20.2 Å². The third kappa shape index (κ3) is 4.88. The number of halogens is 1. The average molecular weight is 354 g/mol. The van der Waals surface area contributed by atoms with E-state index in [0.717, 1.165) is 24.6 Å². The second kappa shape index (κ2) is 8.56. The molecule has 26 heavy (non-hydrogen) atoms. The first-order valence-corrected chi connectivity index (χ1v) is 8.92. The van der Waals surface area contributed by atoms with Gasteiger partial charge in [0.2, 0.25) is 5.91 Å². The lowest BCUT2D eigenvalue weighted by atomic mass is 10.1. The normalized spacial score (nSPS) is 14.6. The van der Waals surface area contributed by atoms with Crippen molar-refractivity contribution in [1.82, 2.24) is 15.3 Å². The Labute approximate surface area is 153 Å². The highest BCUT2D eigenvalue weighted by Gasteiger charge is 2.14. The molecule has 1 amide bonds. The summed E-state index contributed by atoms with van der Waals surface area (Å²) in [6.07, 6.45) is 6.39. The summed E-state index contributed by atoms with van der Waals surface area (Å²) < 4.78 is 13.5. The minimum Gasteiger partial charge on any atom is -0.357 e. The molecule has 0 atom stereocenters. The van der Waals surface area contributed by atoms with Crippen LogP contribution in [0.2, 0.25) is 0 Å². The molecule has 1 aliphatic rings. The first-order chi connectivity index (χ1) is 12.6. The minimum absolute atomic E-state index is 0.239. The van der Waals surface area contributed by atoms with Gasteiger partial charge in [-0.05, 0) is 38.3 Å². The lowest BCUT2D eigenvalue weighted by Crippen LogP contribution is -2.31. The Bertz CT molecular complexity index is 800. The van der Waals surface area contributed by atoms with Gasteiger partial charge in [0, 0.05) is 36.5 Å². The minimum atomic E-state index is -0.357. The third-order valence-corrected chi connectivity index (χ3v) is 4.31. The number of anilines is 1. The molecular formula is C20H23FN4O. The van der Waals surface area contributed by atoms with Crippen molar-refractivity contribution in [3.05, 3.63) is 59.3 Å². The van der Waals surface area contributed by atoms with Crippen LogP contribution in [0, 0.1) is 12.7 Å². The van der Waals surface area contributed by atoms with Crippen LogP contribution in [0.1, 0.15) is 36.3 Å². The van der Waals surface area contributed by atoms with Crippen LogP contribution in [0.4, 0.5) is 10.2 Å². The summed E-state index contributed by atoms with van der Waals surface area (Å²) in [5.74, 6) is 0.837. The molecule has 1 saturated heterocycles. The zero-order valence-electron chi connectivity index (χ0n) is 14.9. The molecule has 2 aromatic rings. The van der Waals surface area contributed by atoms with Crippen molar-refractivity contribution < 1.29 is 9.18 Å². The molecule has 1 aromatic heterocycles. The molecule has 0 aliphatic carbocycles. The smallest absolute Gasteiger partial charge is 0.244 e. The van der Waals surface area contributed by atoms with Crippen LogP contribution in [-0.4, -0.2) is 29.0 Å². The molecule has 0 saturated carbocycles. The van der Waals surface area contributed by atoms with E-state index < -0.39 is 0 Å². The maximum atomic E-state index is 13.5. The van der Waals surface area contributed by atoms with E-state index in [0.29, 0.717) is 11.4 Å². The highest BCUT2D eigenvalue weighted by molar-refractivity contribution is 5.91. The molecule has 0 bridgehead atoms. The second-order valence-electron chi connectivity index (χ2n) is 6.40. The molecule has 1 fully saturated rings. The number of benzene rings is 1. The zero-order valence-corrected chi connectivity index (χ0v) is 14.9. The van der Waals surface area contributed by atoms with E-state index >= 15 is 0 Å². The Morgan fingerprint density at radius 1 is 1.23 bits per heavy atom. The van der Waals surface area contributed by atoms with Crippen LogP contribution in [-0.2, 0) is 11.3 Å². The predicted molar refractivity (Wildman–Crippen MR) is 100 cm³/mol. The van der Waals surface area contributed by atoms with Gasteiger partial charge >= 0.3 is 0 Å². The number of aromatic nitrogens is 2. The van der Waals surface area contributed by atoms with Crippen molar-refractivity contribution >= 4 is 17.8 Å². The van der Waals surface area contributed by atoms with E-state index in [1.54, 1.807) is 18.2 Å². The molecule has 1 aliphatic heterocycles. The van der Waals surface area contributed by atoms with Crippen molar-refractivity contribution in [2.24, 2.45) is 0 Å². The first kappa shape index (κ1) is 18.0. The monoisotopic (exact) mass is 354 g/mol. The highest BCUT2D eigenvalue weighted by atomic mass is 19.1. The fraction of sp³-hybridized carbons (Fsp3) is 0.350. The maximum absolute atomic E-state index is 13.5. The Kier molecular flexibility index (Phi) is 5.94. The van der Waals surface area contributed by atoms with Gasteiger partial charge in [0.25, 0.3) is 0 Å². The zero-order chi connectivity index (χ0) is 18.4. The number of aryl methyl sites for hydroxylation is 1. The summed E-state index contributed by atoms with van der Waals surface area (Å²) in [5.41, 5.74) is 1.26. The second-order valence-corrected chi connectivity index (χ2v) is 6.40. The molecule has 3 rings (SSSR count). The molecule has 136 valence electrons. The van der Waals surface area contributed by atoms with Crippen LogP contribution < -0.4 is 10.2 Å². The van der Waals surface area contributed by atoms with Crippen LogP contribution in [0.15, 0.2) is 36.4 Å². The van der Waals surface area contributed by atoms with Gasteiger partial charge in [-0.3, -0.25) is 4.79 Å². The number of carbonyl (C=O) groups excluding carboxylic acids is 1. The van der Waals surface area contributed by atoms with Crippen LogP contribution in [0.5, 0.6) is 0 Å². The van der Waals surface area contributed by atoms with E-state index in [4.69, 9.17) is 0 Å². The molecule has 0 spiro atoms. The Morgan fingerprint density at radius 2 is 2.00 bits per heavy atom. The van der Waals surface area contributed by atoms with Crippen molar-refractivity contribution in [2.75, 3.05) is 18.0 Å². The lowest BCUT2D eigenvalue weighted by molar-refractivity contribution is -0.116. The first-order valence-electron chi connectivity index (χ1n) is 8.92. The maximum Gasteiger partial charge on any atom is 0.244 e. The largest absolute Gasteiger partial charge is 0.357 e. The molecule has 5 nitrogen and oxygen atoms in total. The molecule has 6 heteroatoms. The molecule has 0 radical (unpaired) electrons. The summed E-state index contributed by atoms with van der Waals surface area (Å²) in [6.45, 7) is 4.18. The van der Waals surface area contributed by atoms with Gasteiger partial charge < -0.3 is 10.2 Å². The third-order valence-electron chi connectivity index (χ3n) is 4.31. The molecule has 2 heterocycles. The topological polar surface area (TPSA) is 58.1 Å². The van der Waals surface area contributed by atoms with Gasteiger partial charge in [0.1, 0.15) is 17.5 Å². The van der Waals surface area contributed by atoms with E-state index in [1.807, 2.05) is 13.0 Å². The molecule has 1 aromatic carbocycles. The lowest BCUT2D eigenvalue weighted by Gasteiger charge is -2.28. The number of carbonyl (C=O) groups is 1. The van der Waals surface area contributed by atoms with Gasteiger partial charge in [0.15, 0.2) is 0 Å². The Hall–Kier alpha value is -2.76. The Balaban J connectivity index is 1.61. The number of nitrogens with zero attached hydrogens (tertiary/aromatic N) is 3. The molecule has 1 N–H and O–H groups in total. The molecular weight excluding hydrogens is 331 g/mol. The van der Waals surface area contributed by atoms with Gasteiger partial charge in [-0.2, -0.15) is 0 Å². The van der Waals surface area contributed by atoms with Crippen LogP contribution >= 0.6 is 0 Å². The number of hydrogen-bond donors (Lipinski definition) is 1. The van der Waals surface area contributed by atoms with Crippen LogP contribution in [0.25, 0.3) is 6.08 Å².